The maximum atomic E-state index is 13.8. The summed E-state index contributed by atoms with van der Waals surface area (Å²) in [5.74, 6) is -0.528. The molecule has 8 nitrogen and oxygen atoms in total. The Morgan fingerprint density at radius 3 is 2.69 bits per heavy atom. The molecule has 1 aliphatic heterocycles. The van der Waals surface area contributed by atoms with E-state index < -0.39 is 5.82 Å². The van der Waals surface area contributed by atoms with E-state index in [0.717, 1.165) is 30.9 Å². The summed E-state index contributed by atoms with van der Waals surface area (Å²) >= 11 is 14.6. The second-order valence-corrected chi connectivity index (χ2v) is 12.4. The first-order chi connectivity index (χ1) is 20.2. The number of rotatable bonds is 7. The van der Waals surface area contributed by atoms with Crippen molar-refractivity contribution in [3.05, 3.63) is 91.2 Å². The number of anilines is 3. The molecule has 12 heteroatoms. The third-order valence-electron chi connectivity index (χ3n) is 7.38. The van der Waals surface area contributed by atoms with Crippen LogP contribution in [0.15, 0.2) is 48.1 Å². The van der Waals surface area contributed by atoms with E-state index in [0.29, 0.717) is 32.9 Å². The zero-order valence-corrected chi connectivity index (χ0v) is 25.4. The van der Waals surface area contributed by atoms with E-state index in [1.54, 1.807) is 17.4 Å². The Balaban J connectivity index is 1.46. The summed E-state index contributed by atoms with van der Waals surface area (Å²) in [5.41, 5.74) is 5.87. The number of nitriles is 1. The SMILES string of the molecule is CC(C)n1cc(C(Nc2cc(Cl)c3ncc(C#N)c(Nc4ccc(F)c(Cl)c4)c3c2)c2csc3c2CCN(C)C3)nn1. The summed E-state index contributed by atoms with van der Waals surface area (Å²) in [6.07, 6.45) is 4.39. The van der Waals surface area contributed by atoms with Crippen molar-refractivity contribution in [1.29, 1.82) is 5.26 Å². The number of aromatic nitrogens is 4. The number of benzene rings is 2. The molecule has 0 aliphatic carbocycles. The molecular formula is C30H27Cl2FN8S. The van der Waals surface area contributed by atoms with Crippen LogP contribution in [0.4, 0.5) is 21.5 Å². The Kier molecular flexibility index (Phi) is 7.77. The van der Waals surface area contributed by atoms with Gasteiger partial charge in [-0.15, -0.1) is 16.4 Å². The maximum absolute atomic E-state index is 13.8. The first-order valence-electron chi connectivity index (χ1n) is 13.4. The van der Waals surface area contributed by atoms with Gasteiger partial charge in [0.1, 0.15) is 17.6 Å². The summed E-state index contributed by atoms with van der Waals surface area (Å²) in [7, 11) is 2.14. The van der Waals surface area contributed by atoms with Gasteiger partial charge in [-0.05, 0) is 74.2 Å². The number of hydrogen-bond donors (Lipinski definition) is 2. The fourth-order valence-electron chi connectivity index (χ4n) is 5.16. The largest absolute Gasteiger partial charge is 0.373 e. The molecule has 0 amide bonds. The Morgan fingerprint density at radius 1 is 1.14 bits per heavy atom. The fraction of sp³-hybridized carbons (Fsp3) is 0.267. The van der Waals surface area contributed by atoms with Gasteiger partial charge in [-0.1, -0.05) is 28.4 Å². The first-order valence-corrected chi connectivity index (χ1v) is 15.1. The summed E-state index contributed by atoms with van der Waals surface area (Å²) in [6, 6.07) is 10.1. The van der Waals surface area contributed by atoms with E-state index in [2.05, 4.69) is 63.2 Å². The van der Waals surface area contributed by atoms with E-state index >= 15 is 0 Å². The van der Waals surface area contributed by atoms with E-state index in [1.165, 1.54) is 34.3 Å². The smallest absolute Gasteiger partial charge is 0.141 e. The quantitative estimate of drug-likeness (QED) is 0.192. The number of thiophene rings is 1. The second-order valence-electron chi connectivity index (χ2n) is 10.6. The number of nitrogens with zero attached hydrogens (tertiary/aromatic N) is 6. The minimum absolute atomic E-state index is 0.0279. The van der Waals surface area contributed by atoms with E-state index in [1.807, 2.05) is 23.0 Å². The van der Waals surface area contributed by atoms with E-state index in [4.69, 9.17) is 23.2 Å². The van der Waals surface area contributed by atoms with Crippen molar-refractivity contribution in [3.63, 3.8) is 0 Å². The van der Waals surface area contributed by atoms with Gasteiger partial charge < -0.3 is 15.5 Å². The van der Waals surface area contributed by atoms with Gasteiger partial charge in [-0.25, -0.2) is 9.07 Å². The Labute approximate surface area is 256 Å². The lowest BCUT2D eigenvalue weighted by Crippen LogP contribution is -2.26. The molecule has 4 heterocycles. The van der Waals surface area contributed by atoms with Crippen LogP contribution in [0.25, 0.3) is 10.9 Å². The molecule has 0 spiro atoms. The lowest BCUT2D eigenvalue weighted by molar-refractivity contribution is 0.316. The molecule has 3 aromatic heterocycles. The second kappa shape index (κ2) is 11.5. The maximum Gasteiger partial charge on any atom is 0.141 e. The van der Waals surface area contributed by atoms with Gasteiger partial charge in [0.25, 0.3) is 0 Å². The van der Waals surface area contributed by atoms with Crippen molar-refractivity contribution in [2.24, 2.45) is 0 Å². The summed E-state index contributed by atoms with van der Waals surface area (Å²) in [4.78, 5) is 8.14. The topological polar surface area (TPSA) is 94.7 Å². The molecule has 2 N–H and O–H groups in total. The molecule has 6 rings (SSSR count). The minimum Gasteiger partial charge on any atom is -0.373 e. The van der Waals surface area contributed by atoms with Crippen LogP contribution >= 0.6 is 34.5 Å². The lowest BCUT2D eigenvalue weighted by Gasteiger charge is -2.25. The normalized spacial score (nSPS) is 14.1. The third-order valence-corrected chi connectivity index (χ3v) is 8.99. The van der Waals surface area contributed by atoms with Gasteiger partial charge in [0.05, 0.1) is 39.1 Å². The van der Waals surface area contributed by atoms with Crippen LogP contribution < -0.4 is 10.6 Å². The van der Waals surface area contributed by atoms with Crippen LogP contribution in [0, 0.1) is 17.1 Å². The van der Waals surface area contributed by atoms with Crippen LogP contribution in [0.3, 0.4) is 0 Å². The number of halogens is 3. The van der Waals surface area contributed by atoms with Gasteiger partial charge in [0, 0.05) is 47.0 Å². The molecule has 0 saturated carbocycles. The fourth-order valence-corrected chi connectivity index (χ4v) is 6.81. The van der Waals surface area contributed by atoms with Gasteiger partial charge in [-0.3, -0.25) is 4.98 Å². The van der Waals surface area contributed by atoms with E-state index in [-0.39, 0.29) is 17.1 Å². The van der Waals surface area contributed by atoms with Crippen LogP contribution in [-0.2, 0) is 13.0 Å². The van der Waals surface area contributed by atoms with Crippen molar-refractivity contribution >= 4 is 62.5 Å². The highest BCUT2D eigenvalue weighted by atomic mass is 35.5. The Hall–Kier alpha value is -3.75. The first kappa shape index (κ1) is 28.4. The van der Waals surface area contributed by atoms with Crippen molar-refractivity contribution in [3.8, 4) is 6.07 Å². The predicted molar refractivity (Wildman–Crippen MR) is 166 cm³/mol. The number of likely N-dealkylation sites (N-methyl/N-ethyl adjacent to an activating group) is 1. The average molecular weight is 622 g/mol. The summed E-state index contributed by atoms with van der Waals surface area (Å²) in [6.45, 7) is 6.02. The summed E-state index contributed by atoms with van der Waals surface area (Å²) in [5, 5.41) is 29.0. The zero-order chi connectivity index (χ0) is 29.5. The molecule has 0 saturated heterocycles. The highest BCUT2D eigenvalue weighted by Gasteiger charge is 2.27. The Bertz CT molecular complexity index is 1840. The zero-order valence-electron chi connectivity index (χ0n) is 23.1. The number of nitrogens with one attached hydrogen (secondary N) is 2. The third kappa shape index (κ3) is 5.41. The van der Waals surface area contributed by atoms with Gasteiger partial charge in [0.15, 0.2) is 0 Å². The molecule has 0 radical (unpaired) electrons. The summed E-state index contributed by atoms with van der Waals surface area (Å²) < 4.78 is 15.7. The van der Waals surface area contributed by atoms with E-state index in [9.17, 15) is 9.65 Å². The highest BCUT2D eigenvalue weighted by Crippen LogP contribution is 2.39. The molecular weight excluding hydrogens is 594 g/mol. The molecule has 1 atom stereocenters. The monoisotopic (exact) mass is 620 g/mol. The van der Waals surface area contributed by atoms with Crippen LogP contribution in [0.5, 0.6) is 0 Å². The minimum atomic E-state index is -0.528. The van der Waals surface area contributed by atoms with Crippen LogP contribution in [-0.4, -0.2) is 38.5 Å². The van der Waals surface area contributed by atoms with Gasteiger partial charge in [-0.2, -0.15) is 5.26 Å². The van der Waals surface area contributed by atoms with Crippen molar-refractivity contribution < 1.29 is 4.39 Å². The number of hydrogen-bond acceptors (Lipinski definition) is 8. The molecule has 0 bridgehead atoms. The van der Waals surface area contributed by atoms with Crippen molar-refractivity contribution in [2.45, 2.75) is 38.9 Å². The molecule has 5 aromatic rings. The number of pyridine rings is 1. The Morgan fingerprint density at radius 2 is 1.95 bits per heavy atom. The van der Waals surface area contributed by atoms with Crippen LogP contribution in [0.1, 0.15) is 53.2 Å². The molecule has 2 aromatic carbocycles. The molecule has 0 fully saturated rings. The molecule has 214 valence electrons. The van der Waals surface area contributed by atoms with Crippen molar-refractivity contribution in [1.82, 2.24) is 24.9 Å². The number of fused-ring (bicyclic) bond motifs is 2. The van der Waals surface area contributed by atoms with Crippen LogP contribution in [0.2, 0.25) is 10.0 Å². The highest BCUT2D eigenvalue weighted by molar-refractivity contribution is 7.10. The lowest BCUT2D eigenvalue weighted by atomic mass is 9.96. The molecule has 1 aliphatic rings. The van der Waals surface area contributed by atoms with Gasteiger partial charge in [0.2, 0.25) is 0 Å². The predicted octanol–water partition coefficient (Wildman–Crippen LogP) is 7.72. The van der Waals surface area contributed by atoms with Crippen molar-refractivity contribution in [2.75, 3.05) is 24.2 Å². The average Bonchev–Trinajstić information content (AvgIpc) is 3.62. The van der Waals surface area contributed by atoms with Gasteiger partial charge >= 0.3 is 0 Å². The standard InChI is InChI=1S/C30H27Cl2FN8S/c1-16(2)41-13-26(38-39-41)30(22-15-42-27-14-40(3)7-6-20(22)27)37-19-8-21-28(36-18-4-5-25(33)23(31)9-18)17(11-34)12-35-29(21)24(32)10-19/h4-5,8-10,12-13,15-16,30,37H,6-7,14H2,1-3H3,(H,35,36). The molecule has 42 heavy (non-hydrogen) atoms. The molecule has 1 unspecified atom stereocenters.